The summed E-state index contributed by atoms with van der Waals surface area (Å²) in [6.07, 6.45) is 1.58. The van der Waals surface area contributed by atoms with Gasteiger partial charge in [-0.25, -0.2) is 13.1 Å². The quantitative estimate of drug-likeness (QED) is 0.841. The second kappa shape index (κ2) is 5.28. The van der Waals surface area contributed by atoms with E-state index in [4.69, 9.17) is 17.3 Å². The van der Waals surface area contributed by atoms with Crippen LogP contribution < -0.4 is 10.5 Å². The Morgan fingerprint density at radius 1 is 1.38 bits per heavy atom. The van der Waals surface area contributed by atoms with Gasteiger partial charge in [-0.05, 0) is 54.7 Å². The molecule has 1 aliphatic carbocycles. The van der Waals surface area contributed by atoms with Gasteiger partial charge in [-0.15, -0.1) is 11.3 Å². The monoisotopic (exact) mass is 342 g/mol. The predicted octanol–water partition coefficient (Wildman–Crippen LogP) is 3.26. The van der Waals surface area contributed by atoms with Gasteiger partial charge in [-0.1, -0.05) is 17.7 Å². The Kier molecular flexibility index (Phi) is 3.73. The Hall–Kier alpha value is -1.08. The van der Waals surface area contributed by atoms with E-state index in [2.05, 4.69) is 4.72 Å². The van der Waals surface area contributed by atoms with Crippen LogP contribution in [0.4, 0.5) is 5.69 Å². The van der Waals surface area contributed by atoms with Crippen LogP contribution in [0.3, 0.4) is 0 Å². The number of nitrogens with two attached hydrogens (primary N) is 1. The molecule has 1 heterocycles. The molecule has 3 N–H and O–H groups in total. The van der Waals surface area contributed by atoms with E-state index in [0.29, 0.717) is 10.0 Å². The number of nitrogens with one attached hydrogen (secondary N) is 1. The van der Waals surface area contributed by atoms with E-state index in [1.807, 2.05) is 12.1 Å². The van der Waals surface area contributed by atoms with Crippen molar-refractivity contribution in [2.75, 3.05) is 5.73 Å². The molecule has 0 saturated heterocycles. The second-order valence-electron chi connectivity index (χ2n) is 5.19. The minimum absolute atomic E-state index is 0.202. The maximum atomic E-state index is 12.4. The van der Waals surface area contributed by atoms with Crippen LogP contribution in [0, 0.1) is 6.92 Å². The predicted molar refractivity (Wildman–Crippen MR) is 86.3 cm³/mol. The Morgan fingerprint density at radius 3 is 2.81 bits per heavy atom. The summed E-state index contributed by atoms with van der Waals surface area (Å²) in [6.45, 7) is 1.80. The maximum Gasteiger partial charge on any atom is 0.250 e. The molecule has 7 heteroatoms. The number of aryl methyl sites for hydroxylation is 2. The third kappa shape index (κ3) is 2.81. The van der Waals surface area contributed by atoms with E-state index >= 15 is 0 Å². The lowest BCUT2D eigenvalue weighted by Gasteiger charge is -2.13. The molecule has 0 bridgehead atoms. The number of anilines is 1. The first kappa shape index (κ1) is 14.8. The molecule has 1 atom stereocenters. The molecule has 1 aromatic carbocycles. The fourth-order valence-electron chi connectivity index (χ4n) is 2.57. The lowest BCUT2D eigenvalue weighted by Crippen LogP contribution is -2.26. The van der Waals surface area contributed by atoms with Gasteiger partial charge in [-0.3, -0.25) is 0 Å². The minimum atomic E-state index is -3.55. The molecule has 0 aliphatic heterocycles. The summed E-state index contributed by atoms with van der Waals surface area (Å²) in [5, 5.41) is 0. The molecule has 2 aromatic rings. The number of thiophene rings is 1. The number of nitrogen functional groups attached to an aromatic ring is 1. The summed E-state index contributed by atoms with van der Waals surface area (Å²) in [5.74, 6) is 0. The molecule has 0 spiro atoms. The van der Waals surface area contributed by atoms with Crippen LogP contribution in [0.25, 0.3) is 0 Å². The topological polar surface area (TPSA) is 72.2 Å². The van der Waals surface area contributed by atoms with Gasteiger partial charge in [0.15, 0.2) is 0 Å². The number of fused-ring (bicyclic) bond motifs is 1. The van der Waals surface area contributed by atoms with Crippen molar-refractivity contribution in [1.29, 1.82) is 0 Å². The van der Waals surface area contributed by atoms with Gasteiger partial charge in [0.25, 0.3) is 10.0 Å². The first-order valence-corrected chi connectivity index (χ1v) is 9.21. The van der Waals surface area contributed by atoms with Gasteiger partial charge in [-0.2, -0.15) is 0 Å². The second-order valence-corrected chi connectivity index (χ2v) is 8.79. The standard InChI is InChI=1S/C14H15ClN2O2S2/c1-8-6-13(20-14(8)15)21(18,19)17-12-5-2-9-7-10(16)3-4-11(9)12/h3-4,6-7,12,17H,2,5,16H2,1H3. The Morgan fingerprint density at radius 2 is 2.14 bits per heavy atom. The molecule has 21 heavy (non-hydrogen) atoms. The van der Waals surface area contributed by atoms with E-state index in [0.717, 1.165) is 40.9 Å². The Labute approximate surface area is 133 Å². The first-order valence-electron chi connectivity index (χ1n) is 6.53. The van der Waals surface area contributed by atoms with Crippen LogP contribution in [-0.4, -0.2) is 8.42 Å². The summed E-state index contributed by atoms with van der Waals surface area (Å²) in [5.41, 5.74) is 9.37. The summed E-state index contributed by atoms with van der Waals surface area (Å²) >= 11 is 7.05. The van der Waals surface area contributed by atoms with Crippen LogP contribution in [0.1, 0.15) is 29.2 Å². The lowest BCUT2D eigenvalue weighted by atomic mass is 10.1. The number of sulfonamides is 1. The third-order valence-electron chi connectivity index (χ3n) is 3.64. The molecular formula is C14H15ClN2O2S2. The van der Waals surface area contributed by atoms with Crippen molar-refractivity contribution < 1.29 is 8.42 Å². The normalized spacial score (nSPS) is 17.9. The largest absolute Gasteiger partial charge is 0.399 e. The lowest BCUT2D eigenvalue weighted by molar-refractivity contribution is 0.556. The molecule has 1 aromatic heterocycles. The molecule has 1 aliphatic rings. The SMILES string of the molecule is Cc1cc(S(=O)(=O)NC2CCc3cc(N)ccc32)sc1Cl. The van der Waals surface area contributed by atoms with Crippen LogP contribution in [0.2, 0.25) is 4.34 Å². The van der Waals surface area contributed by atoms with E-state index in [9.17, 15) is 8.42 Å². The van der Waals surface area contributed by atoms with Gasteiger partial charge in [0.2, 0.25) is 0 Å². The van der Waals surface area contributed by atoms with E-state index in [1.165, 1.54) is 0 Å². The van der Waals surface area contributed by atoms with Crippen molar-refractivity contribution in [2.45, 2.75) is 30.0 Å². The number of benzene rings is 1. The van der Waals surface area contributed by atoms with Gasteiger partial charge in [0.05, 0.1) is 4.34 Å². The number of hydrogen-bond acceptors (Lipinski definition) is 4. The highest BCUT2D eigenvalue weighted by atomic mass is 35.5. The van der Waals surface area contributed by atoms with Gasteiger partial charge in [0, 0.05) is 11.7 Å². The Balaban J connectivity index is 1.88. The average molecular weight is 343 g/mol. The highest BCUT2D eigenvalue weighted by Gasteiger charge is 2.28. The van der Waals surface area contributed by atoms with Gasteiger partial charge in [0.1, 0.15) is 4.21 Å². The average Bonchev–Trinajstić information content (AvgIpc) is 2.94. The molecule has 0 saturated carbocycles. The summed E-state index contributed by atoms with van der Waals surface area (Å²) < 4.78 is 28.4. The molecule has 112 valence electrons. The molecule has 0 fully saturated rings. The summed E-state index contributed by atoms with van der Waals surface area (Å²) in [7, 11) is -3.55. The van der Waals surface area contributed by atoms with Crippen molar-refractivity contribution in [3.8, 4) is 0 Å². The molecule has 3 rings (SSSR count). The number of halogens is 1. The van der Waals surface area contributed by atoms with Crippen LogP contribution in [-0.2, 0) is 16.4 Å². The van der Waals surface area contributed by atoms with E-state index < -0.39 is 10.0 Å². The van der Waals surface area contributed by atoms with Crippen molar-refractivity contribution >= 4 is 38.6 Å². The highest BCUT2D eigenvalue weighted by Crippen LogP contribution is 2.35. The molecule has 1 unspecified atom stereocenters. The minimum Gasteiger partial charge on any atom is -0.399 e. The number of hydrogen-bond donors (Lipinski definition) is 2. The number of rotatable bonds is 3. The highest BCUT2D eigenvalue weighted by molar-refractivity contribution is 7.91. The van der Waals surface area contributed by atoms with E-state index in [1.54, 1.807) is 19.1 Å². The van der Waals surface area contributed by atoms with Crippen LogP contribution in [0.15, 0.2) is 28.5 Å². The fourth-order valence-corrected chi connectivity index (χ4v) is 5.54. The fraction of sp³-hybridized carbons (Fsp3) is 0.286. The molecule has 4 nitrogen and oxygen atoms in total. The molecular weight excluding hydrogens is 328 g/mol. The van der Waals surface area contributed by atoms with Crippen molar-refractivity contribution in [3.05, 3.63) is 45.3 Å². The zero-order chi connectivity index (χ0) is 15.2. The van der Waals surface area contributed by atoms with Gasteiger partial charge >= 0.3 is 0 Å². The Bertz CT molecular complexity index is 780. The van der Waals surface area contributed by atoms with Crippen LogP contribution >= 0.6 is 22.9 Å². The van der Waals surface area contributed by atoms with Crippen LogP contribution in [0.5, 0.6) is 0 Å². The van der Waals surface area contributed by atoms with Crippen molar-refractivity contribution in [1.82, 2.24) is 4.72 Å². The molecule has 0 amide bonds. The maximum absolute atomic E-state index is 12.4. The third-order valence-corrected chi connectivity index (χ3v) is 7.14. The molecule has 0 radical (unpaired) electrons. The van der Waals surface area contributed by atoms with Gasteiger partial charge < -0.3 is 5.73 Å². The smallest absolute Gasteiger partial charge is 0.250 e. The summed E-state index contributed by atoms with van der Waals surface area (Å²) in [6, 6.07) is 7.02. The zero-order valence-corrected chi connectivity index (χ0v) is 13.8. The zero-order valence-electron chi connectivity index (χ0n) is 11.4. The van der Waals surface area contributed by atoms with E-state index in [-0.39, 0.29) is 10.3 Å². The van der Waals surface area contributed by atoms with Crippen molar-refractivity contribution in [3.63, 3.8) is 0 Å². The first-order chi connectivity index (χ1) is 9.87. The van der Waals surface area contributed by atoms with Crippen molar-refractivity contribution in [2.24, 2.45) is 0 Å². The summed E-state index contributed by atoms with van der Waals surface area (Å²) in [4.78, 5) is 0.